The zero-order chi connectivity index (χ0) is 13.8. The van der Waals surface area contributed by atoms with Gasteiger partial charge >= 0.3 is 0 Å². The number of rotatable bonds is 4. The number of likely N-dealkylation sites (N-methyl/N-ethyl adjacent to an activating group) is 1. The second kappa shape index (κ2) is 6.37. The summed E-state index contributed by atoms with van der Waals surface area (Å²) in [6, 6.07) is 7.53. The number of amides is 1. The fourth-order valence-corrected chi connectivity index (χ4v) is 2.46. The molecular formula is C14H19ClN2O2. The van der Waals surface area contributed by atoms with Crippen LogP contribution in [0.25, 0.3) is 0 Å². The molecule has 19 heavy (non-hydrogen) atoms. The van der Waals surface area contributed by atoms with Gasteiger partial charge in [0.2, 0.25) is 0 Å². The SMILES string of the molecule is CN(Cc1ccccc1Cl)C(=O)C1CCC(CN)O1. The quantitative estimate of drug-likeness (QED) is 0.916. The molecule has 0 aromatic heterocycles. The van der Waals surface area contributed by atoms with E-state index in [1.807, 2.05) is 24.3 Å². The molecule has 2 N–H and O–H groups in total. The van der Waals surface area contributed by atoms with Crippen LogP contribution in [0.4, 0.5) is 0 Å². The van der Waals surface area contributed by atoms with Crippen molar-refractivity contribution in [2.45, 2.75) is 31.6 Å². The zero-order valence-electron chi connectivity index (χ0n) is 11.0. The molecule has 2 atom stereocenters. The molecule has 0 aliphatic carbocycles. The molecule has 0 bridgehead atoms. The first kappa shape index (κ1) is 14.3. The largest absolute Gasteiger partial charge is 0.364 e. The third-order valence-electron chi connectivity index (χ3n) is 3.39. The molecule has 0 saturated carbocycles. The highest BCUT2D eigenvalue weighted by atomic mass is 35.5. The summed E-state index contributed by atoms with van der Waals surface area (Å²) >= 11 is 6.09. The molecule has 1 aromatic carbocycles. The minimum absolute atomic E-state index is 0.00382. The van der Waals surface area contributed by atoms with Crippen LogP contribution in [-0.2, 0) is 16.1 Å². The maximum atomic E-state index is 12.2. The lowest BCUT2D eigenvalue weighted by Gasteiger charge is -2.21. The Labute approximate surface area is 118 Å². The normalized spacial score (nSPS) is 22.5. The van der Waals surface area contributed by atoms with Crippen molar-refractivity contribution in [3.63, 3.8) is 0 Å². The van der Waals surface area contributed by atoms with Crippen molar-refractivity contribution < 1.29 is 9.53 Å². The Morgan fingerprint density at radius 1 is 1.47 bits per heavy atom. The number of carbonyl (C=O) groups excluding carboxylic acids is 1. The number of hydrogen-bond donors (Lipinski definition) is 1. The lowest BCUT2D eigenvalue weighted by atomic mass is 10.1. The van der Waals surface area contributed by atoms with Gasteiger partial charge in [-0.1, -0.05) is 29.8 Å². The van der Waals surface area contributed by atoms with Gasteiger partial charge in [-0.05, 0) is 24.5 Å². The molecule has 2 rings (SSSR count). The van der Waals surface area contributed by atoms with E-state index in [2.05, 4.69) is 0 Å². The molecule has 0 radical (unpaired) electrons. The van der Waals surface area contributed by atoms with Crippen molar-refractivity contribution in [1.82, 2.24) is 4.90 Å². The van der Waals surface area contributed by atoms with E-state index in [-0.39, 0.29) is 18.1 Å². The molecule has 5 heteroatoms. The smallest absolute Gasteiger partial charge is 0.251 e. The van der Waals surface area contributed by atoms with Gasteiger partial charge in [-0.15, -0.1) is 0 Å². The van der Waals surface area contributed by atoms with Crippen molar-refractivity contribution in [3.05, 3.63) is 34.9 Å². The standard InChI is InChI=1S/C14H19ClN2O2/c1-17(9-10-4-2-3-5-12(10)15)14(18)13-7-6-11(8-16)19-13/h2-5,11,13H,6-9,16H2,1H3. The van der Waals surface area contributed by atoms with Gasteiger partial charge < -0.3 is 15.4 Å². The Bertz CT molecular complexity index is 453. The summed E-state index contributed by atoms with van der Waals surface area (Å²) in [5.41, 5.74) is 6.49. The summed E-state index contributed by atoms with van der Waals surface area (Å²) in [5.74, 6) is -0.00382. The predicted molar refractivity (Wildman–Crippen MR) is 74.9 cm³/mol. The Morgan fingerprint density at radius 2 is 2.21 bits per heavy atom. The van der Waals surface area contributed by atoms with Crippen molar-refractivity contribution in [1.29, 1.82) is 0 Å². The number of hydrogen-bond acceptors (Lipinski definition) is 3. The number of ether oxygens (including phenoxy) is 1. The van der Waals surface area contributed by atoms with Crippen LogP contribution in [0, 0.1) is 0 Å². The Kier molecular flexibility index (Phi) is 4.80. The topological polar surface area (TPSA) is 55.6 Å². The molecule has 1 fully saturated rings. The summed E-state index contributed by atoms with van der Waals surface area (Å²) in [5, 5.41) is 0.675. The Morgan fingerprint density at radius 3 is 2.84 bits per heavy atom. The third kappa shape index (κ3) is 3.47. The van der Waals surface area contributed by atoms with Crippen LogP contribution in [-0.4, -0.2) is 36.6 Å². The van der Waals surface area contributed by atoms with Gasteiger partial charge in [0.15, 0.2) is 0 Å². The fraction of sp³-hybridized carbons (Fsp3) is 0.500. The number of nitrogens with zero attached hydrogens (tertiary/aromatic N) is 1. The average molecular weight is 283 g/mol. The van der Waals surface area contributed by atoms with E-state index >= 15 is 0 Å². The highest BCUT2D eigenvalue weighted by Gasteiger charge is 2.31. The van der Waals surface area contributed by atoms with Crippen molar-refractivity contribution in [2.24, 2.45) is 5.73 Å². The van der Waals surface area contributed by atoms with E-state index in [4.69, 9.17) is 22.1 Å². The van der Waals surface area contributed by atoms with Crippen molar-refractivity contribution >= 4 is 17.5 Å². The summed E-state index contributed by atoms with van der Waals surface area (Å²) in [7, 11) is 1.77. The fourth-order valence-electron chi connectivity index (χ4n) is 2.27. The zero-order valence-corrected chi connectivity index (χ0v) is 11.8. The van der Waals surface area contributed by atoms with Crippen molar-refractivity contribution in [2.75, 3.05) is 13.6 Å². The molecular weight excluding hydrogens is 264 g/mol. The molecule has 1 saturated heterocycles. The average Bonchev–Trinajstić information content (AvgIpc) is 2.89. The molecule has 1 aliphatic heterocycles. The highest BCUT2D eigenvalue weighted by molar-refractivity contribution is 6.31. The summed E-state index contributed by atoms with van der Waals surface area (Å²) in [6.45, 7) is 0.962. The summed E-state index contributed by atoms with van der Waals surface area (Å²) in [6.07, 6.45) is 1.25. The molecule has 104 valence electrons. The maximum absolute atomic E-state index is 12.2. The van der Waals surface area contributed by atoms with Crippen LogP contribution in [0.1, 0.15) is 18.4 Å². The molecule has 4 nitrogen and oxygen atoms in total. The van der Waals surface area contributed by atoms with Crippen LogP contribution in [0.2, 0.25) is 5.02 Å². The lowest BCUT2D eigenvalue weighted by Crippen LogP contribution is -2.36. The molecule has 0 spiro atoms. The first-order chi connectivity index (χ1) is 9.11. The van der Waals surface area contributed by atoms with Gasteiger partial charge in [0, 0.05) is 25.2 Å². The van der Waals surface area contributed by atoms with Gasteiger partial charge in [0.1, 0.15) is 6.10 Å². The first-order valence-corrected chi connectivity index (χ1v) is 6.83. The number of halogens is 1. The van der Waals surface area contributed by atoms with Gasteiger partial charge in [-0.3, -0.25) is 4.79 Å². The minimum atomic E-state index is -0.360. The van der Waals surface area contributed by atoms with E-state index in [1.165, 1.54) is 0 Å². The molecule has 1 heterocycles. The second-order valence-electron chi connectivity index (χ2n) is 4.85. The molecule has 2 unspecified atom stereocenters. The van der Waals surface area contributed by atoms with Crippen LogP contribution in [0.5, 0.6) is 0 Å². The molecule has 1 amide bonds. The van der Waals surface area contributed by atoms with E-state index in [9.17, 15) is 4.79 Å². The Hall–Kier alpha value is -1.10. The van der Waals surface area contributed by atoms with E-state index in [0.29, 0.717) is 18.1 Å². The van der Waals surface area contributed by atoms with E-state index < -0.39 is 0 Å². The van der Waals surface area contributed by atoms with Crippen LogP contribution < -0.4 is 5.73 Å². The Balaban J connectivity index is 1.95. The summed E-state index contributed by atoms with van der Waals surface area (Å²) in [4.78, 5) is 13.9. The number of benzene rings is 1. The minimum Gasteiger partial charge on any atom is -0.364 e. The highest BCUT2D eigenvalue weighted by Crippen LogP contribution is 2.22. The van der Waals surface area contributed by atoms with Gasteiger partial charge in [-0.2, -0.15) is 0 Å². The summed E-state index contributed by atoms with van der Waals surface area (Å²) < 4.78 is 5.61. The molecule has 1 aliphatic rings. The number of nitrogens with two attached hydrogens (primary N) is 1. The van der Waals surface area contributed by atoms with Crippen LogP contribution in [0.3, 0.4) is 0 Å². The third-order valence-corrected chi connectivity index (χ3v) is 3.76. The van der Waals surface area contributed by atoms with Crippen LogP contribution >= 0.6 is 11.6 Å². The first-order valence-electron chi connectivity index (χ1n) is 6.45. The molecule has 1 aromatic rings. The van der Waals surface area contributed by atoms with Gasteiger partial charge in [-0.25, -0.2) is 0 Å². The van der Waals surface area contributed by atoms with Crippen molar-refractivity contribution in [3.8, 4) is 0 Å². The predicted octanol–water partition coefficient (Wildman–Crippen LogP) is 1.80. The monoisotopic (exact) mass is 282 g/mol. The maximum Gasteiger partial charge on any atom is 0.251 e. The number of carbonyl (C=O) groups is 1. The lowest BCUT2D eigenvalue weighted by molar-refractivity contribution is -0.141. The van der Waals surface area contributed by atoms with Gasteiger partial charge in [0.25, 0.3) is 5.91 Å². The van der Waals surface area contributed by atoms with Gasteiger partial charge in [0.05, 0.1) is 6.10 Å². The van der Waals surface area contributed by atoms with E-state index in [1.54, 1.807) is 11.9 Å². The van der Waals surface area contributed by atoms with Crippen LogP contribution in [0.15, 0.2) is 24.3 Å². The van der Waals surface area contributed by atoms with E-state index in [0.717, 1.165) is 18.4 Å². The second-order valence-corrected chi connectivity index (χ2v) is 5.25.